The molecule has 2 aromatic heterocycles. The number of methoxy groups -OCH3 is 1. The zero-order valence-corrected chi connectivity index (χ0v) is 13.6. The van der Waals surface area contributed by atoms with Crippen LogP contribution in [-0.4, -0.2) is 44.8 Å². The number of H-pyrrole nitrogens is 1. The van der Waals surface area contributed by atoms with Gasteiger partial charge in [0.15, 0.2) is 5.82 Å². The SMILES string of the molecule is CCc1nc(CN2C[C@H](OC)C[C@H]2c2nc(C)c(C)[nH]2)no1. The fourth-order valence-corrected chi connectivity index (χ4v) is 2.90. The Morgan fingerprint density at radius 1 is 1.36 bits per heavy atom. The lowest BCUT2D eigenvalue weighted by Crippen LogP contribution is -2.26. The van der Waals surface area contributed by atoms with E-state index >= 15 is 0 Å². The number of ether oxygens (including phenoxy) is 1. The first-order valence-electron chi connectivity index (χ1n) is 7.72. The summed E-state index contributed by atoms with van der Waals surface area (Å²) in [4.78, 5) is 14.8. The number of rotatable bonds is 5. The third-order valence-electron chi connectivity index (χ3n) is 4.32. The van der Waals surface area contributed by atoms with Gasteiger partial charge in [-0.3, -0.25) is 4.90 Å². The fourth-order valence-electron chi connectivity index (χ4n) is 2.90. The highest BCUT2D eigenvalue weighted by molar-refractivity contribution is 5.14. The van der Waals surface area contributed by atoms with Crippen LogP contribution in [0.2, 0.25) is 0 Å². The summed E-state index contributed by atoms with van der Waals surface area (Å²) < 4.78 is 10.7. The summed E-state index contributed by atoms with van der Waals surface area (Å²) in [6, 6.07) is 0.195. The Morgan fingerprint density at radius 3 is 2.77 bits per heavy atom. The first-order valence-corrected chi connectivity index (χ1v) is 7.72. The zero-order chi connectivity index (χ0) is 15.7. The van der Waals surface area contributed by atoms with Crippen LogP contribution in [0, 0.1) is 13.8 Å². The van der Waals surface area contributed by atoms with E-state index in [4.69, 9.17) is 9.26 Å². The molecule has 1 aliphatic heterocycles. The molecular formula is C15H23N5O2. The molecule has 1 N–H and O–H groups in total. The van der Waals surface area contributed by atoms with Gasteiger partial charge in [0.25, 0.3) is 0 Å². The Kier molecular flexibility index (Phi) is 4.26. The van der Waals surface area contributed by atoms with Gasteiger partial charge in [-0.2, -0.15) is 4.98 Å². The molecule has 22 heavy (non-hydrogen) atoms. The van der Waals surface area contributed by atoms with Gasteiger partial charge in [-0.25, -0.2) is 4.98 Å². The van der Waals surface area contributed by atoms with Gasteiger partial charge in [0.05, 0.1) is 24.4 Å². The largest absolute Gasteiger partial charge is 0.380 e. The maximum absolute atomic E-state index is 5.55. The van der Waals surface area contributed by atoms with E-state index < -0.39 is 0 Å². The molecule has 0 spiro atoms. The van der Waals surface area contributed by atoms with Crippen LogP contribution in [0.1, 0.15) is 48.3 Å². The van der Waals surface area contributed by atoms with Gasteiger partial charge in [0.2, 0.25) is 5.89 Å². The molecule has 7 nitrogen and oxygen atoms in total. The van der Waals surface area contributed by atoms with Crippen LogP contribution in [0.3, 0.4) is 0 Å². The number of aromatic nitrogens is 4. The van der Waals surface area contributed by atoms with E-state index in [2.05, 4.69) is 25.0 Å². The fraction of sp³-hybridized carbons (Fsp3) is 0.667. The highest BCUT2D eigenvalue weighted by Crippen LogP contribution is 2.33. The molecule has 0 saturated carbocycles. The minimum atomic E-state index is 0.195. The number of nitrogens with one attached hydrogen (secondary N) is 1. The molecule has 2 aromatic rings. The number of hydrogen-bond donors (Lipinski definition) is 1. The average Bonchev–Trinajstić information content (AvgIpc) is 3.20. The minimum Gasteiger partial charge on any atom is -0.380 e. The van der Waals surface area contributed by atoms with Crippen molar-refractivity contribution in [2.24, 2.45) is 0 Å². The molecule has 120 valence electrons. The molecule has 0 unspecified atom stereocenters. The number of likely N-dealkylation sites (tertiary alicyclic amines) is 1. The summed E-state index contributed by atoms with van der Waals surface area (Å²) >= 11 is 0. The molecule has 0 bridgehead atoms. The normalized spacial score (nSPS) is 22.5. The average molecular weight is 305 g/mol. The smallest absolute Gasteiger partial charge is 0.226 e. The van der Waals surface area contributed by atoms with Crippen molar-refractivity contribution in [2.45, 2.75) is 52.3 Å². The molecule has 0 amide bonds. The van der Waals surface area contributed by atoms with Crippen molar-refractivity contribution in [3.05, 3.63) is 28.9 Å². The summed E-state index contributed by atoms with van der Waals surface area (Å²) in [7, 11) is 1.76. The van der Waals surface area contributed by atoms with Crippen LogP contribution in [0.15, 0.2) is 4.52 Å². The van der Waals surface area contributed by atoms with Gasteiger partial charge < -0.3 is 14.2 Å². The molecule has 1 aliphatic rings. The van der Waals surface area contributed by atoms with Gasteiger partial charge in [-0.15, -0.1) is 0 Å². The molecule has 0 radical (unpaired) electrons. The van der Waals surface area contributed by atoms with E-state index in [-0.39, 0.29) is 12.1 Å². The van der Waals surface area contributed by atoms with E-state index in [1.807, 2.05) is 20.8 Å². The first kappa shape index (κ1) is 15.2. The van der Waals surface area contributed by atoms with Crippen LogP contribution in [0.25, 0.3) is 0 Å². The summed E-state index contributed by atoms with van der Waals surface area (Å²) in [5, 5.41) is 4.05. The topological polar surface area (TPSA) is 80.1 Å². The number of imidazole rings is 1. The quantitative estimate of drug-likeness (QED) is 0.909. The molecule has 1 fully saturated rings. The predicted octanol–water partition coefficient (Wildman–Crippen LogP) is 1.93. The predicted molar refractivity (Wildman–Crippen MR) is 80.3 cm³/mol. The molecule has 1 saturated heterocycles. The number of nitrogens with zero attached hydrogens (tertiary/aromatic N) is 4. The standard InChI is InChI=1S/C15H23N5O2/c1-5-14-18-13(19-22-14)8-20-7-11(21-4)6-12(20)15-16-9(2)10(3)17-15/h11-12H,5-8H2,1-4H3,(H,16,17)/t11-,12+/m1/s1. The molecule has 2 atom stereocenters. The number of hydrogen-bond acceptors (Lipinski definition) is 6. The summed E-state index contributed by atoms with van der Waals surface area (Å²) in [5.74, 6) is 2.39. The van der Waals surface area contributed by atoms with Crippen molar-refractivity contribution in [2.75, 3.05) is 13.7 Å². The van der Waals surface area contributed by atoms with Gasteiger partial charge in [0.1, 0.15) is 5.82 Å². The zero-order valence-electron chi connectivity index (χ0n) is 13.6. The van der Waals surface area contributed by atoms with E-state index in [1.54, 1.807) is 7.11 Å². The van der Waals surface area contributed by atoms with Crippen LogP contribution in [-0.2, 0) is 17.7 Å². The molecule has 7 heteroatoms. The Labute approximate surface area is 130 Å². The molecule has 3 rings (SSSR count). The van der Waals surface area contributed by atoms with Gasteiger partial charge in [-0.1, -0.05) is 12.1 Å². The molecule has 3 heterocycles. The Hall–Kier alpha value is -1.73. The molecule has 0 aromatic carbocycles. The van der Waals surface area contributed by atoms with E-state index in [0.29, 0.717) is 12.4 Å². The van der Waals surface area contributed by atoms with Crippen molar-refractivity contribution in [3.63, 3.8) is 0 Å². The van der Waals surface area contributed by atoms with Crippen molar-refractivity contribution in [1.29, 1.82) is 0 Å². The lowest BCUT2D eigenvalue weighted by Gasteiger charge is -2.20. The summed E-state index contributed by atoms with van der Waals surface area (Å²) in [6.07, 6.45) is 1.88. The Balaban J connectivity index is 1.79. The second kappa shape index (κ2) is 6.18. The third kappa shape index (κ3) is 2.91. The van der Waals surface area contributed by atoms with Crippen molar-refractivity contribution in [3.8, 4) is 0 Å². The van der Waals surface area contributed by atoms with Crippen molar-refractivity contribution >= 4 is 0 Å². The van der Waals surface area contributed by atoms with E-state index in [1.165, 1.54) is 0 Å². The maximum atomic E-state index is 5.55. The lowest BCUT2D eigenvalue weighted by molar-refractivity contribution is 0.106. The molecule has 0 aliphatic carbocycles. The van der Waals surface area contributed by atoms with Crippen LogP contribution < -0.4 is 0 Å². The summed E-state index contributed by atoms with van der Waals surface area (Å²) in [5.41, 5.74) is 2.16. The Morgan fingerprint density at radius 2 is 2.18 bits per heavy atom. The second-order valence-electron chi connectivity index (χ2n) is 5.83. The van der Waals surface area contributed by atoms with E-state index in [9.17, 15) is 0 Å². The summed E-state index contributed by atoms with van der Waals surface area (Å²) in [6.45, 7) is 7.56. The van der Waals surface area contributed by atoms with Crippen molar-refractivity contribution < 1.29 is 9.26 Å². The molecular weight excluding hydrogens is 282 g/mol. The Bertz CT molecular complexity index is 616. The maximum Gasteiger partial charge on any atom is 0.226 e. The highest BCUT2D eigenvalue weighted by atomic mass is 16.5. The van der Waals surface area contributed by atoms with E-state index in [0.717, 1.165) is 42.4 Å². The second-order valence-corrected chi connectivity index (χ2v) is 5.83. The minimum absolute atomic E-state index is 0.195. The lowest BCUT2D eigenvalue weighted by atomic mass is 10.2. The van der Waals surface area contributed by atoms with Crippen LogP contribution in [0.4, 0.5) is 0 Å². The van der Waals surface area contributed by atoms with Gasteiger partial charge in [0, 0.05) is 25.8 Å². The highest BCUT2D eigenvalue weighted by Gasteiger charge is 2.35. The third-order valence-corrected chi connectivity index (χ3v) is 4.32. The van der Waals surface area contributed by atoms with Gasteiger partial charge >= 0.3 is 0 Å². The van der Waals surface area contributed by atoms with Crippen LogP contribution >= 0.6 is 0 Å². The first-order chi connectivity index (χ1) is 10.6. The number of aryl methyl sites for hydroxylation is 3. The van der Waals surface area contributed by atoms with Gasteiger partial charge in [-0.05, 0) is 20.3 Å². The monoisotopic (exact) mass is 305 g/mol. The van der Waals surface area contributed by atoms with Crippen LogP contribution in [0.5, 0.6) is 0 Å². The van der Waals surface area contributed by atoms with Crippen molar-refractivity contribution in [1.82, 2.24) is 25.0 Å². The number of aromatic amines is 1.